The third-order valence-corrected chi connectivity index (χ3v) is 6.59. The standard InChI is InChI=1S/C19H23N3O3S/c1-11-15(3-2-4-16(11)22(24)25)17(23)20-18(26)21-19-8-12-5-13(9-19)7-14(6-12)10-19/h2-4,12-14H,5-10H2,1H3,(H2,20,21,23,26). The van der Waals surface area contributed by atoms with Crippen LogP contribution in [-0.4, -0.2) is 21.5 Å². The summed E-state index contributed by atoms with van der Waals surface area (Å²) in [5.41, 5.74) is 0.607. The molecule has 5 rings (SSSR count). The fourth-order valence-electron chi connectivity index (χ4n) is 5.77. The average molecular weight is 373 g/mol. The molecule has 0 spiro atoms. The maximum atomic E-state index is 12.6. The SMILES string of the molecule is Cc1c(C(=O)NC(=S)NC23CC4CC(CC(C4)C2)C3)cccc1[N+](=O)[O-]. The number of carbonyl (C=O) groups excluding carboxylic acids is 1. The summed E-state index contributed by atoms with van der Waals surface area (Å²) < 4.78 is 0. The van der Waals surface area contributed by atoms with Crippen LogP contribution in [0.5, 0.6) is 0 Å². The number of amides is 1. The van der Waals surface area contributed by atoms with Crippen LogP contribution >= 0.6 is 12.2 Å². The van der Waals surface area contributed by atoms with Crippen LogP contribution in [0.1, 0.15) is 54.4 Å². The van der Waals surface area contributed by atoms with Gasteiger partial charge in [-0.2, -0.15) is 0 Å². The molecule has 0 aromatic heterocycles. The quantitative estimate of drug-likeness (QED) is 0.481. The first-order chi connectivity index (χ1) is 12.3. The van der Waals surface area contributed by atoms with Gasteiger partial charge in [0.05, 0.1) is 4.92 Å². The molecule has 4 fully saturated rings. The Balaban J connectivity index is 1.45. The highest BCUT2D eigenvalue weighted by Crippen LogP contribution is 2.55. The number of hydrogen-bond acceptors (Lipinski definition) is 4. The number of nitrogens with one attached hydrogen (secondary N) is 2. The van der Waals surface area contributed by atoms with Gasteiger partial charge in [0.1, 0.15) is 0 Å². The van der Waals surface area contributed by atoms with Crippen LogP contribution in [0.2, 0.25) is 0 Å². The van der Waals surface area contributed by atoms with Gasteiger partial charge in [-0.1, -0.05) is 6.07 Å². The van der Waals surface area contributed by atoms with Crippen LogP contribution in [0.4, 0.5) is 5.69 Å². The third-order valence-electron chi connectivity index (χ3n) is 6.39. The number of carbonyl (C=O) groups is 1. The molecule has 0 aliphatic heterocycles. The molecule has 138 valence electrons. The molecule has 26 heavy (non-hydrogen) atoms. The van der Waals surface area contributed by atoms with Gasteiger partial charge in [0.25, 0.3) is 11.6 Å². The molecular weight excluding hydrogens is 350 g/mol. The lowest BCUT2D eigenvalue weighted by Gasteiger charge is -2.57. The first-order valence-corrected chi connectivity index (χ1v) is 9.63. The Labute approximate surface area is 157 Å². The van der Waals surface area contributed by atoms with E-state index in [1.54, 1.807) is 13.0 Å². The van der Waals surface area contributed by atoms with Crippen molar-refractivity contribution in [3.63, 3.8) is 0 Å². The smallest absolute Gasteiger partial charge is 0.273 e. The van der Waals surface area contributed by atoms with Crippen LogP contribution in [0.25, 0.3) is 0 Å². The van der Waals surface area contributed by atoms with Gasteiger partial charge in [-0.05, 0) is 81.5 Å². The predicted molar refractivity (Wildman–Crippen MR) is 102 cm³/mol. The van der Waals surface area contributed by atoms with E-state index in [1.165, 1.54) is 31.4 Å². The Hall–Kier alpha value is -2.02. The number of thiocarbonyl (C=S) groups is 1. The monoisotopic (exact) mass is 373 g/mol. The summed E-state index contributed by atoms with van der Waals surface area (Å²) in [6, 6.07) is 4.51. The minimum absolute atomic E-state index is 0.0246. The average Bonchev–Trinajstić information content (AvgIpc) is 2.52. The van der Waals surface area contributed by atoms with E-state index in [4.69, 9.17) is 12.2 Å². The topological polar surface area (TPSA) is 84.3 Å². The van der Waals surface area contributed by atoms with Crippen molar-refractivity contribution in [2.24, 2.45) is 17.8 Å². The summed E-state index contributed by atoms with van der Waals surface area (Å²) in [6.07, 6.45) is 7.41. The molecule has 0 radical (unpaired) electrons. The second-order valence-electron chi connectivity index (χ2n) is 8.31. The zero-order valence-electron chi connectivity index (χ0n) is 14.8. The van der Waals surface area contributed by atoms with Gasteiger partial charge in [-0.15, -0.1) is 0 Å². The molecule has 0 saturated heterocycles. The number of hydrogen-bond donors (Lipinski definition) is 2. The Morgan fingerprint density at radius 3 is 2.31 bits per heavy atom. The molecule has 7 heteroatoms. The fourth-order valence-corrected chi connectivity index (χ4v) is 6.08. The lowest BCUT2D eigenvalue weighted by atomic mass is 9.53. The first kappa shape index (κ1) is 17.4. The van der Waals surface area contributed by atoms with E-state index >= 15 is 0 Å². The third kappa shape index (κ3) is 3.09. The summed E-state index contributed by atoms with van der Waals surface area (Å²) >= 11 is 5.42. The van der Waals surface area contributed by atoms with Gasteiger partial charge in [-0.25, -0.2) is 0 Å². The molecular formula is C19H23N3O3S. The molecule has 0 atom stereocenters. The summed E-state index contributed by atoms with van der Waals surface area (Å²) in [5.74, 6) is 1.96. The van der Waals surface area contributed by atoms with Crippen LogP contribution < -0.4 is 10.6 Å². The zero-order valence-corrected chi connectivity index (χ0v) is 15.6. The maximum absolute atomic E-state index is 12.6. The molecule has 1 aromatic rings. The fraction of sp³-hybridized carbons (Fsp3) is 0.579. The van der Waals surface area contributed by atoms with Gasteiger partial charge in [0, 0.05) is 22.7 Å². The van der Waals surface area contributed by atoms with E-state index in [0.29, 0.717) is 10.7 Å². The van der Waals surface area contributed by atoms with Crippen LogP contribution in [0.15, 0.2) is 18.2 Å². The number of benzene rings is 1. The lowest BCUT2D eigenvalue weighted by molar-refractivity contribution is -0.385. The van der Waals surface area contributed by atoms with E-state index in [-0.39, 0.29) is 16.8 Å². The van der Waals surface area contributed by atoms with E-state index in [9.17, 15) is 14.9 Å². The summed E-state index contributed by atoms with van der Waals surface area (Å²) in [4.78, 5) is 23.2. The van der Waals surface area contributed by atoms with Crippen LogP contribution in [-0.2, 0) is 0 Å². The number of nitrogens with zero attached hydrogens (tertiary/aromatic N) is 1. The predicted octanol–water partition coefficient (Wildman–Crippen LogP) is 3.48. The first-order valence-electron chi connectivity index (χ1n) is 9.23. The molecule has 4 aliphatic rings. The van der Waals surface area contributed by atoms with Gasteiger partial charge < -0.3 is 5.32 Å². The molecule has 4 aliphatic carbocycles. The minimum Gasteiger partial charge on any atom is -0.357 e. The molecule has 6 nitrogen and oxygen atoms in total. The second-order valence-corrected chi connectivity index (χ2v) is 8.72. The minimum atomic E-state index is -0.474. The molecule has 0 unspecified atom stereocenters. The Morgan fingerprint density at radius 2 is 1.77 bits per heavy atom. The van der Waals surface area contributed by atoms with Crippen molar-refractivity contribution in [2.45, 2.75) is 51.0 Å². The molecule has 4 bridgehead atoms. The van der Waals surface area contributed by atoms with Crippen molar-refractivity contribution < 1.29 is 9.72 Å². The molecule has 1 aromatic carbocycles. The number of rotatable bonds is 3. The highest BCUT2D eigenvalue weighted by Gasteiger charge is 2.51. The summed E-state index contributed by atoms with van der Waals surface area (Å²) in [6.45, 7) is 1.59. The van der Waals surface area contributed by atoms with Crippen LogP contribution in [0.3, 0.4) is 0 Å². The molecule has 4 saturated carbocycles. The summed E-state index contributed by atoms with van der Waals surface area (Å²) in [5, 5.41) is 17.6. The van der Waals surface area contributed by atoms with Crippen molar-refractivity contribution in [1.29, 1.82) is 0 Å². The number of nitro benzene ring substituents is 1. The maximum Gasteiger partial charge on any atom is 0.273 e. The van der Waals surface area contributed by atoms with E-state index < -0.39 is 10.8 Å². The van der Waals surface area contributed by atoms with Gasteiger partial charge in [-0.3, -0.25) is 20.2 Å². The normalized spacial score (nSPS) is 31.5. The van der Waals surface area contributed by atoms with Crippen LogP contribution in [0, 0.1) is 34.8 Å². The van der Waals surface area contributed by atoms with Crippen molar-refractivity contribution in [1.82, 2.24) is 10.6 Å². The highest BCUT2D eigenvalue weighted by molar-refractivity contribution is 7.80. The van der Waals surface area contributed by atoms with Crippen molar-refractivity contribution in [2.75, 3.05) is 0 Å². The summed E-state index contributed by atoms with van der Waals surface area (Å²) in [7, 11) is 0. The van der Waals surface area contributed by atoms with E-state index in [1.807, 2.05) is 0 Å². The van der Waals surface area contributed by atoms with Crippen molar-refractivity contribution in [3.8, 4) is 0 Å². The van der Waals surface area contributed by atoms with Gasteiger partial charge in [0.2, 0.25) is 0 Å². The Morgan fingerprint density at radius 1 is 1.19 bits per heavy atom. The Kier molecular flexibility index (Phi) is 4.22. The van der Waals surface area contributed by atoms with Gasteiger partial charge in [0.15, 0.2) is 5.11 Å². The largest absolute Gasteiger partial charge is 0.357 e. The molecule has 0 heterocycles. The van der Waals surface area contributed by atoms with Crippen molar-refractivity contribution >= 4 is 28.9 Å². The molecule has 2 N–H and O–H groups in total. The lowest BCUT2D eigenvalue weighted by Crippen LogP contribution is -2.61. The van der Waals surface area contributed by atoms with E-state index in [2.05, 4.69) is 10.6 Å². The van der Waals surface area contributed by atoms with Crippen molar-refractivity contribution in [3.05, 3.63) is 39.4 Å². The Bertz CT molecular complexity index is 757. The number of nitro groups is 1. The van der Waals surface area contributed by atoms with Gasteiger partial charge >= 0.3 is 0 Å². The highest BCUT2D eigenvalue weighted by atomic mass is 32.1. The molecule has 1 amide bonds. The second kappa shape index (κ2) is 6.30. The van der Waals surface area contributed by atoms with E-state index in [0.717, 1.165) is 37.0 Å². The zero-order chi connectivity index (χ0) is 18.5.